The summed E-state index contributed by atoms with van der Waals surface area (Å²) in [5, 5.41) is 6.88. The van der Waals surface area contributed by atoms with Crippen LogP contribution in [0.4, 0.5) is 10.1 Å². The van der Waals surface area contributed by atoms with Crippen molar-refractivity contribution in [3.8, 4) is 0 Å². The molecule has 2 heterocycles. The zero-order valence-electron chi connectivity index (χ0n) is 19.0. The molecular formula is C27H29ClFN3O2. The third-order valence-corrected chi connectivity index (χ3v) is 8.31. The van der Waals surface area contributed by atoms with Gasteiger partial charge >= 0.3 is 0 Å². The van der Waals surface area contributed by atoms with Gasteiger partial charge in [0.2, 0.25) is 5.91 Å². The number of carbonyl (C=O) groups excluding carboxylic acids is 2. The fourth-order valence-corrected chi connectivity index (χ4v) is 6.05. The summed E-state index contributed by atoms with van der Waals surface area (Å²) in [4.78, 5) is 27.8. The van der Waals surface area contributed by atoms with E-state index in [1.165, 1.54) is 6.07 Å². The van der Waals surface area contributed by atoms with Crippen LogP contribution >= 0.6 is 11.6 Å². The molecule has 0 spiro atoms. The predicted octanol–water partition coefficient (Wildman–Crippen LogP) is 4.72. The molecule has 2 N–H and O–H groups in total. The zero-order valence-corrected chi connectivity index (χ0v) is 19.8. The highest BCUT2D eigenvalue weighted by atomic mass is 35.5. The SMILES string of the molecule is O=C(NC1CC1)c1ccc(N2C3CCC2CC(NC(=O)C2(c4ccc(Cl)cc4)CC2)C3)cc1F. The van der Waals surface area contributed by atoms with E-state index in [4.69, 9.17) is 11.6 Å². The highest BCUT2D eigenvalue weighted by Gasteiger charge is 2.52. The van der Waals surface area contributed by atoms with Gasteiger partial charge < -0.3 is 15.5 Å². The molecule has 2 aromatic rings. The van der Waals surface area contributed by atoms with Gasteiger partial charge in [-0.3, -0.25) is 9.59 Å². The maximum absolute atomic E-state index is 14.8. The van der Waals surface area contributed by atoms with Crippen molar-refractivity contribution in [2.45, 2.75) is 80.9 Å². The first-order valence-electron chi connectivity index (χ1n) is 12.4. The third-order valence-electron chi connectivity index (χ3n) is 8.06. The Morgan fingerprint density at radius 1 is 0.912 bits per heavy atom. The second-order valence-electron chi connectivity index (χ2n) is 10.4. The van der Waals surface area contributed by atoms with Gasteiger partial charge in [-0.2, -0.15) is 0 Å². The van der Waals surface area contributed by atoms with Gasteiger partial charge in [-0.15, -0.1) is 0 Å². The minimum absolute atomic E-state index is 0.113. The number of piperidine rings is 1. The fraction of sp³-hybridized carbons (Fsp3) is 0.481. The monoisotopic (exact) mass is 481 g/mol. The summed E-state index contributed by atoms with van der Waals surface area (Å²) in [7, 11) is 0. The Balaban J connectivity index is 1.12. The van der Waals surface area contributed by atoms with Crippen LogP contribution in [-0.4, -0.2) is 36.0 Å². The molecule has 2 aliphatic carbocycles. The van der Waals surface area contributed by atoms with Crippen molar-refractivity contribution in [1.29, 1.82) is 0 Å². The molecule has 4 aliphatic rings. The second kappa shape index (κ2) is 8.26. The summed E-state index contributed by atoms with van der Waals surface area (Å²) in [6, 6.07) is 13.5. The average Bonchev–Trinajstić information content (AvgIpc) is 3.73. The topological polar surface area (TPSA) is 61.4 Å². The summed E-state index contributed by atoms with van der Waals surface area (Å²) in [5.41, 5.74) is 1.57. The van der Waals surface area contributed by atoms with E-state index in [1.807, 2.05) is 30.3 Å². The molecule has 0 radical (unpaired) electrons. The molecule has 0 aromatic heterocycles. The number of benzene rings is 2. The van der Waals surface area contributed by atoms with Crippen LogP contribution in [-0.2, 0) is 10.2 Å². The van der Waals surface area contributed by atoms with E-state index in [2.05, 4.69) is 15.5 Å². The lowest BCUT2D eigenvalue weighted by Crippen LogP contribution is -2.52. The summed E-state index contributed by atoms with van der Waals surface area (Å²) in [6.07, 6.45) is 7.45. The maximum atomic E-state index is 14.8. The van der Waals surface area contributed by atoms with Gasteiger partial charge in [0.1, 0.15) is 5.82 Å². The second-order valence-corrected chi connectivity index (χ2v) is 10.9. The van der Waals surface area contributed by atoms with Crippen molar-refractivity contribution in [2.24, 2.45) is 0 Å². The lowest BCUT2D eigenvalue weighted by Gasteiger charge is -2.41. The number of carbonyl (C=O) groups is 2. The van der Waals surface area contributed by atoms with Crippen LogP contribution in [0, 0.1) is 5.82 Å². The van der Waals surface area contributed by atoms with Gasteiger partial charge in [0.25, 0.3) is 5.91 Å². The highest BCUT2D eigenvalue weighted by molar-refractivity contribution is 6.30. The predicted molar refractivity (Wildman–Crippen MR) is 130 cm³/mol. The van der Waals surface area contributed by atoms with Crippen molar-refractivity contribution in [3.05, 3.63) is 64.4 Å². The first-order chi connectivity index (χ1) is 16.4. The van der Waals surface area contributed by atoms with Crippen LogP contribution in [0.2, 0.25) is 5.02 Å². The minimum atomic E-state index is -0.468. The largest absolute Gasteiger partial charge is 0.365 e. The number of nitrogens with zero attached hydrogens (tertiary/aromatic N) is 1. The molecule has 2 unspecified atom stereocenters. The van der Waals surface area contributed by atoms with Gasteiger partial charge in [-0.05, 0) is 87.3 Å². The van der Waals surface area contributed by atoms with E-state index in [0.717, 1.165) is 62.6 Å². The zero-order chi connectivity index (χ0) is 23.4. The molecule has 2 amide bonds. The number of anilines is 1. The molecule has 5 nitrogen and oxygen atoms in total. The van der Waals surface area contributed by atoms with Gasteiger partial charge in [0.05, 0.1) is 11.0 Å². The van der Waals surface area contributed by atoms with E-state index in [-0.39, 0.29) is 41.5 Å². The highest BCUT2D eigenvalue weighted by Crippen LogP contribution is 2.49. The number of amides is 2. The Bertz CT molecular complexity index is 1120. The van der Waals surface area contributed by atoms with E-state index in [0.29, 0.717) is 5.02 Å². The van der Waals surface area contributed by atoms with E-state index < -0.39 is 11.2 Å². The number of hydrogen-bond donors (Lipinski definition) is 2. The maximum Gasteiger partial charge on any atom is 0.254 e. The molecule has 178 valence electrons. The first kappa shape index (κ1) is 21.9. The quantitative estimate of drug-likeness (QED) is 0.627. The molecule has 2 saturated heterocycles. The fourth-order valence-electron chi connectivity index (χ4n) is 5.92. The van der Waals surface area contributed by atoms with Crippen molar-refractivity contribution in [1.82, 2.24) is 10.6 Å². The number of hydrogen-bond acceptors (Lipinski definition) is 3. The average molecular weight is 482 g/mol. The molecular weight excluding hydrogens is 453 g/mol. The summed E-state index contributed by atoms with van der Waals surface area (Å²) < 4.78 is 14.8. The Morgan fingerprint density at radius 3 is 2.18 bits per heavy atom. The van der Waals surface area contributed by atoms with Gasteiger partial charge in [-0.25, -0.2) is 4.39 Å². The van der Waals surface area contributed by atoms with Crippen molar-refractivity contribution in [2.75, 3.05) is 4.90 Å². The van der Waals surface area contributed by atoms with Crippen molar-refractivity contribution in [3.63, 3.8) is 0 Å². The number of rotatable bonds is 6. The number of nitrogens with one attached hydrogen (secondary N) is 2. The van der Waals surface area contributed by atoms with Crippen LogP contribution in [0.15, 0.2) is 42.5 Å². The van der Waals surface area contributed by atoms with Gasteiger partial charge in [0, 0.05) is 34.9 Å². The molecule has 6 rings (SSSR count). The van der Waals surface area contributed by atoms with Crippen LogP contribution < -0.4 is 15.5 Å². The van der Waals surface area contributed by atoms with Gasteiger partial charge in [0.15, 0.2) is 0 Å². The molecule has 7 heteroatoms. The molecule has 2 bridgehead atoms. The van der Waals surface area contributed by atoms with Crippen molar-refractivity contribution < 1.29 is 14.0 Å². The van der Waals surface area contributed by atoms with Crippen molar-refractivity contribution >= 4 is 29.1 Å². The Morgan fingerprint density at radius 2 is 1.59 bits per heavy atom. The standard InChI is InChI=1S/C27H29ClFN3O2/c28-17-3-1-16(2-4-17)27(11-12-27)26(34)31-19-13-20-7-8-21(14-19)32(20)22-9-10-23(24(29)15-22)25(33)30-18-5-6-18/h1-4,9-10,15,18-21H,5-8,11-14H2,(H,30,33)(H,31,34). The van der Waals surface area contributed by atoms with Crippen LogP contribution in [0.3, 0.4) is 0 Å². The number of halogens is 2. The summed E-state index contributed by atoms with van der Waals surface area (Å²) in [5.74, 6) is -0.681. The lowest BCUT2D eigenvalue weighted by molar-refractivity contribution is -0.124. The van der Waals surface area contributed by atoms with Crippen LogP contribution in [0.1, 0.15) is 67.3 Å². The number of fused-ring (bicyclic) bond motifs is 2. The summed E-state index contributed by atoms with van der Waals surface area (Å²) in [6.45, 7) is 0. The lowest BCUT2D eigenvalue weighted by atomic mass is 9.92. The van der Waals surface area contributed by atoms with Crippen LogP contribution in [0.5, 0.6) is 0 Å². The van der Waals surface area contributed by atoms with E-state index in [1.54, 1.807) is 6.07 Å². The third kappa shape index (κ3) is 3.96. The van der Waals surface area contributed by atoms with E-state index in [9.17, 15) is 14.0 Å². The minimum Gasteiger partial charge on any atom is -0.365 e. The normalized spacial score (nSPS) is 26.8. The Labute approximate surface area is 204 Å². The molecule has 2 atom stereocenters. The molecule has 2 saturated carbocycles. The Hall–Kier alpha value is -2.60. The summed E-state index contributed by atoms with van der Waals surface area (Å²) >= 11 is 6.03. The van der Waals surface area contributed by atoms with Crippen LogP contribution in [0.25, 0.3) is 0 Å². The smallest absolute Gasteiger partial charge is 0.254 e. The van der Waals surface area contributed by atoms with Gasteiger partial charge in [-0.1, -0.05) is 23.7 Å². The molecule has 2 aromatic carbocycles. The molecule has 2 aliphatic heterocycles. The molecule has 4 fully saturated rings. The Kier molecular flexibility index (Phi) is 5.32. The molecule has 34 heavy (non-hydrogen) atoms. The first-order valence-corrected chi connectivity index (χ1v) is 12.8. The van der Waals surface area contributed by atoms with E-state index >= 15 is 0 Å².